The highest BCUT2D eigenvalue weighted by atomic mass is 16.6. The van der Waals surface area contributed by atoms with Crippen LogP contribution in [-0.2, 0) is 14.3 Å². The summed E-state index contributed by atoms with van der Waals surface area (Å²) in [4.78, 5) is 23.2. The third kappa shape index (κ3) is 6.26. The number of ether oxygens (including phenoxy) is 1. The maximum atomic E-state index is 11.9. The van der Waals surface area contributed by atoms with Crippen LogP contribution in [0.15, 0.2) is 0 Å². The fourth-order valence-corrected chi connectivity index (χ4v) is 1.27. The van der Waals surface area contributed by atoms with E-state index in [1.54, 1.807) is 20.8 Å². The fraction of sp³-hybridized carbons (Fsp3) is 0.833. The molecule has 17 heavy (non-hydrogen) atoms. The number of rotatable bonds is 5. The van der Waals surface area contributed by atoms with Crippen LogP contribution in [0.4, 0.5) is 0 Å². The molecule has 0 rings (SSSR count). The number of carbonyl (C=O) groups excluding carboxylic acids is 2. The van der Waals surface area contributed by atoms with E-state index in [4.69, 9.17) is 10.5 Å². The minimum absolute atomic E-state index is 0.0142. The lowest BCUT2D eigenvalue weighted by atomic mass is 9.99. The van der Waals surface area contributed by atoms with E-state index in [2.05, 4.69) is 5.32 Å². The Morgan fingerprint density at radius 2 is 1.88 bits per heavy atom. The molecule has 0 radical (unpaired) electrons. The van der Waals surface area contributed by atoms with E-state index in [9.17, 15) is 9.59 Å². The second kappa shape index (κ2) is 6.59. The Morgan fingerprint density at radius 3 is 2.24 bits per heavy atom. The predicted octanol–water partition coefficient (Wildman–Crippen LogP) is 0.818. The van der Waals surface area contributed by atoms with Gasteiger partial charge >= 0.3 is 5.97 Å². The van der Waals surface area contributed by atoms with Crippen molar-refractivity contribution in [3.8, 4) is 0 Å². The summed E-state index contributed by atoms with van der Waals surface area (Å²) < 4.78 is 5.27. The first-order chi connectivity index (χ1) is 7.71. The van der Waals surface area contributed by atoms with Gasteiger partial charge in [0.05, 0.1) is 6.54 Å². The van der Waals surface area contributed by atoms with Crippen molar-refractivity contribution < 1.29 is 14.3 Å². The van der Waals surface area contributed by atoms with Crippen LogP contribution in [-0.4, -0.2) is 30.1 Å². The monoisotopic (exact) mass is 244 g/mol. The Kier molecular flexibility index (Phi) is 6.16. The van der Waals surface area contributed by atoms with E-state index in [1.807, 2.05) is 13.8 Å². The summed E-state index contributed by atoms with van der Waals surface area (Å²) in [6.45, 7) is 9.10. The van der Waals surface area contributed by atoms with Crippen molar-refractivity contribution in [2.24, 2.45) is 11.7 Å². The zero-order valence-corrected chi connectivity index (χ0v) is 11.4. The second-order valence-electron chi connectivity index (χ2n) is 5.17. The van der Waals surface area contributed by atoms with Crippen LogP contribution in [0.5, 0.6) is 0 Å². The Labute approximate surface area is 103 Å². The van der Waals surface area contributed by atoms with E-state index in [-0.39, 0.29) is 18.4 Å². The van der Waals surface area contributed by atoms with Crippen LogP contribution in [0.25, 0.3) is 0 Å². The highest BCUT2D eigenvalue weighted by molar-refractivity contribution is 5.85. The van der Waals surface area contributed by atoms with Crippen LogP contribution in [0.3, 0.4) is 0 Å². The van der Waals surface area contributed by atoms with E-state index >= 15 is 0 Å². The lowest BCUT2D eigenvalue weighted by molar-refractivity contribution is -0.160. The quantitative estimate of drug-likeness (QED) is 0.701. The molecule has 0 bridgehead atoms. The number of hydrogen-bond acceptors (Lipinski definition) is 4. The highest BCUT2D eigenvalue weighted by Crippen LogP contribution is 2.14. The molecule has 5 heteroatoms. The zero-order valence-electron chi connectivity index (χ0n) is 11.4. The zero-order chi connectivity index (χ0) is 13.6. The van der Waals surface area contributed by atoms with Gasteiger partial charge in [-0.15, -0.1) is 0 Å². The molecule has 0 heterocycles. The average molecular weight is 244 g/mol. The third-order valence-electron chi connectivity index (χ3n) is 2.38. The molecule has 0 aromatic rings. The molecule has 0 unspecified atom stereocenters. The van der Waals surface area contributed by atoms with Crippen molar-refractivity contribution in [3.63, 3.8) is 0 Å². The Bertz CT molecular complexity index is 271. The molecule has 0 saturated carbocycles. The van der Waals surface area contributed by atoms with Crippen molar-refractivity contribution in [2.75, 3.05) is 6.54 Å². The molecule has 0 aromatic carbocycles. The van der Waals surface area contributed by atoms with Gasteiger partial charge in [0, 0.05) is 0 Å². The summed E-state index contributed by atoms with van der Waals surface area (Å²) in [6, 6.07) is -0.629. The van der Waals surface area contributed by atoms with Crippen LogP contribution in [0, 0.1) is 5.92 Å². The van der Waals surface area contributed by atoms with E-state index < -0.39 is 17.6 Å². The van der Waals surface area contributed by atoms with Crippen molar-refractivity contribution in [1.29, 1.82) is 0 Å². The normalized spacial score (nSPS) is 14.9. The lowest BCUT2D eigenvalue weighted by Crippen LogP contribution is -2.49. The summed E-state index contributed by atoms with van der Waals surface area (Å²) in [5.74, 6) is -0.741. The highest BCUT2D eigenvalue weighted by Gasteiger charge is 2.29. The van der Waals surface area contributed by atoms with Gasteiger partial charge in [0.15, 0.2) is 0 Å². The molecule has 0 aromatic heterocycles. The number of esters is 1. The number of nitrogens with one attached hydrogen (secondary N) is 1. The number of carbonyl (C=O) groups is 2. The summed E-state index contributed by atoms with van der Waals surface area (Å²) in [5, 5.41) is 2.60. The molecule has 2 atom stereocenters. The molecule has 5 nitrogen and oxygen atoms in total. The average Bonchev–Trinajstić information content (AvgIpc) is 2.21. The van der Waals surface area contributed by atoms with Gasteiger partial charge in [0.1, 0.15) is 11.6 Å². The molecular formula is C12H24N2O3. The summed E-state index contributed by atoms with van der Waals surface area (Å²) in [6.07, 6.45) is 0.773. The SMILES string of the molecule is CC[C@H](C)[C@H](NC(=O)CN)C(=O)OC(C)(C)C. The van der Waals surface area contributed by atoms with Crippen molar-refractivity contribution in [2.45, 2.75) is 52.7 Å². The van der Waals surface area contributed by atoms with Gasteiger partial charge in [0.2, 0.25) is 5.91 Å². The van der Waals surface area contributed by atoms with Crippen LogP contribution in [0.2, 0.25) is 0 Å². The van der Waals surface area contributed by atoms with E-state index in [0.717, 1.165) is 6.42 Å². The minimum atomic E-state index is -0.629. The lowest BCUT2D eigenvalue weighted by Gasteiger charge is -2.27. The maximum absolute atomic E-state index is 11.9. The molecule has 0 fully saturated rings. The topological polar surface area (TPSA) is 81.4 Å². The van der Waals surface area contributed by atoms with Crippen molar-refractivity contribution in [3.05, 3.63) is 0 Å². The van der Waals surface area contributed by atoms with Crippen molar-refractivity contribution in [1.82, 2.24) is 5.32 Å². The van der Waals surface area contributed by atoms with Gasteiger partial charge in [-0.2, -0.15) is 0 Å². The standard InChI is InChI=1S/C12H24N2O3/c1-6-8(2)10(14-9(15)7-13)11(16)17-12(3,4)5/h8,10H,6-7,13H2,1-5H3,(H,14,15)/t8-,10-/m0/s1. The largest absolute Gasteiger partial charge is 0.458 e. The molecular weight excluding hydrogens is 220 g/mol. The van der Waals surface area contributed by atoms with Crippen LogP contribution >= 0.6 is 0 Å². The fourth-order valence-electron chi connectivity index (χ4n) is 1.27. The van der Waals surface area contributed by atoms with Gasteiger partial charge in [0.25, 0.3) is 0 Å². The first-order valence-corrected chi connectivity index (χ1v) is 5.93. The number of nitrogens with two attached hydrogens (primary N) is 1. The van der Waals surface area contributed by atoms with E-state index in [1.165, 1.54) is 0 Å². The number of amides is 1. The first kappa shape index (κ1) is 15.9. The number of hydrogen-bond donors (Lipinski definition) is 2. The predicted molar refractivity (Wildman–Crippen MR) is 66.3 cm³/mol. The smallest absolute Gasteiger partial charge is 0.329 e. The Morgan fingerprint density at radius 1 is 1.35 bits per heavy atom. The van der Waals surface area contributed by atoms with Gasteiger partial charge in [-0.05, 0) is 26.7 Å². The van der Waals surface area contributed by atoms with Gasteiger partial charge in [-0.25, -0.2) is 4.79 Å². The second-order valence-corrected chi connectivity index (χ2v) is 5.17. The molecule has 0 aliphatic rings. The molecule has 1 amide bonds. The molecule has 0 spiro atoms. The van der Waals surface area contributed by atoms with Gasteiger partial charge in [-0.3, -0.25) is 4.79 Å². The molecule has 3 N–H and O–H groups in total. The summed E-state index contributed by atoms with van der Waals surface area (Å²) in [7, 11) is 0. The maximum Gasteiger partial charge on any atom is 0.329 e. The first-order valence-electron chi connectivity index (χ1n) is 5.93. The van der Waals surface area contributed by atoms with E-state index in [0.29, 0.717) is 0 Å². The summed E-state index contributed by atoms with van der Waals surface area (Å²) in [5.41, 5.74) is 4.67. The van der Waals surface area contributed by atoms with Crippen LogP contribution in [0.1, 0.15) is 41.0 Å². The Balaban J connectivity index is 4.68. The molecule has 0 saturated heterocycles. The van der Waals surface area contributed by atoms with Crippen molar-refractivity contribution >= 4 is 11.9 Å². The minimum Gasteiger partial charge on any atom is -0.458 e. The molecule has 100 valence electrons. The van der Waals surface area contributed by atoms with Gasteiger partial charge < -0.3 is 15.8 Å². The van der Waals surface area contributed by atoms with Crippen LogP contribution < -0.4 is 11.1 Å². The summed E-state index contributed by atoms with van der Waals surface area (Å²) >= 11 is 0. The van der Waals surface area contributed by atoms with Gasteiger partial charge in [-0.1, -0.05) is 20.3 Å². The Hall–Kier alpha value is -1.10. The molecule has 0 aliphatic heterocycles. The third-order valence-corrected chi connectivity index (χ3v) is 2.38. The molecule has 0 aliphatic carbocycles.